The van der Waals surface area contributed by atoms with Crippen LogP contribution >= 0.6 is 0 Å². The second-order valence-electron chi connectivity index (χ2n) is 9.76. The lowest BCUT2D eigenvalue weighted by Gasteiger charge is -2.32. The van der Waals surface area contributed by atoms with Crippen molar-refractivity contribution in [3.63, 3.8) is 0 Å². The van der Waals surface area contributed by atoms with Gasteiger partial charge in [-0.15, -0.1) is 0 Å². The van der Waals surface area contributed by atoms with Crippen molar-refractivity contribution in [1.29, 1.82) is 0 Å². The normalized spacial score (nSPS) is 18.9. The van der Waals surface area contributed by atoms with Crippen molar-refractivity contribution < 1.29 is 24.9 Å². The molecule has 0 spiro atoms. The van der Waals surface area contributed by atoms with E-state index in [1.807, 2.05) is 25.2 Å². The van der Waals surface area contributed by atoms with Gasteiger partial charge in [0.25, 0.3) is 0 Å². The van der Waals surface area contributed by atoms with Crippen molar-refractivity contribution in [2.45, 2.75) is 90.8 Å². The Morgan fingerprint density at radius 1 is 1.19 bits per heavy atom. The molecular formula is C27H38O5. The van der Waals surface area contributed by atoms with E-state index < -0.39 is 17.2 Å². The molecule has 2 rings (SSSR count). The van der Waals surface area contributed by atoms with E-state index in [4.69, 9.17) is 4.74 Å². The van der Waals surface area contributed by atoms with E-state index in [0.717, 1.165) is 36.1 Å². The maximum absolute atomic E-state index is 11.5. The molecule has 1 heterocycles. The molecule has 0 aromatic heterocycles. The van der Waals surface area contributed by atoms with Crippen molar-refractivity contribution in [3.8, 4) is 11.5 Å². The molecule has 0 radical (unpaired) electrons. The number of aromatic hydroxyl groups is 1. The number of hydrogen-bond acceptors (Lipinski definition) is 4. The van der Waals surface area contributed by atoms with E-state index in [9.17, 15) is 20.1 Å². The van der Waals surface area contributed by atoms with Crippen LogP contribution in [-0.2, 0) is 4.79 Å². The SMILES string of the molecule is C/C(=C\CC[C@@]1(C)C=Cc2cc(O)cc(C)c2O1)CC/C=C(/CCCC(C)(C)O)C(=O)O. The van der Waals surface area contributed by atoms with Gasteiger partial charge in [-0.1, -0.05) is 23.8 Å². The number of aliphatic carboxylic acids is 1. The Balaban J connectivity index is 1.85. The number of aryl methyl sites for hydroxylation is 1. The molecule has 3 N–H and O–H groups in total. The third kappa shape index (κ3) is 8.19. The van der Waals surface area contributed by atoms with Gasteiger partial charge in [-0.25, -0.2) is 4.79 Å². The third-order valence-corrected chi connectivity index (χ3v) is 5.81. The molecule has 5 heteroatoms. The average Bonchev–Trinajstić information content (AvgIpc) is 2.66. The maximum atomic E-state index is 11.5. The van der Waals surface area contributed by atoms with E-state index in [2.05, 4.69) is 19.9 Å². The number of phenolic OH excluding ortho intramolecular Hbond substituents is 1. The minimum atomic E-state index is -0.875. The van der Waals surface area contributed by atoms with Crippen molar-refractivity contribution >= 4 is 12.0 Å². The zero-order valence-electron chi connectivity index (χ0n) is 20.1. The number of phenols is 1. The van der Waals surface area contributed by atoms with Gasteiger partial charge in [0.2, 0.25) is 0 Å². The number of benzene rings is 1. The monoisotopic (exact) mass is 442 g/mol. The highest BCUT2D eigenvalue weighted by atomic mass is 16.5. The van der Waals surface area contributed by atoms with Gasteiger partial charge in [-0.2, -0.15) is 0 Å². The molecule has 0 fully saturated rings. The predicted octanol–water partition coefficient (Wildman–Crippen LogP) is 6.32. The molecule has 0 bridgehead atoms. The quantitative estimate of drug-likeness (QED) is 0.276. The number of carbonyl (C=O) groups is 1. The summed E-state index contributed by atoms with van der Waals surface area (Å²) in [5.74, 6) is 0.193. The first-order chi connectivity index (χ1) is 14.9. The van der Waals surface area contributed by atoms with E-state index in [0.29, 0.717) is 31.3 Å². The molecule has 1 atom stereocenters. The van der Waals surface area contributed by atoms with Crippen LogP contribution in [0.1, 0.15) is 83.8 Å². The van der Waals surface area contributed by atoms with E-state index in [-0.39, 0.29) is 5.75 Å². The molecule has 1 aliphatic heterocycles. The Labute approximate surface area is 192 Å². The molecule has 0 amide bonds. The number of ether oxygens (including phenoxy) is 1. The lowest BCUT2D eigenvalue weighted by atomic mass is 9.93. The summed E-state index contributed by atoms with van der Waals surface area (Å²) < 4.78 is 6.27. The fourth-order valence-electron chi connectivity index (χ4n) is 3.90. The van der Waals surface area contributed by atoms with Crippen LogP contribution in [0.5, 0.6) is 11.5 Å². The van der Waals surface area contributed by atoms with Crippen molar-refractivity contribution in [2.75, 3.05) is 0 Å². The van der Waals surface area contributed by atoms with Crippen LogP contribution in [0.3, 0.4) is 0 Å². The summed E-state index contributed by atoms with van der Waals surface area (Å²) in [6, 6.07) is 3.43. The van der Waals surface area contributed by atoms with Gasteiger partial charge in [0.05, 0.1) is 5.60 Å². The lowest BCUT2D eigenvalue weighted by molar-refractivity contribution is -0.132. The maximum Gasteiger partial charge on any atom is 0.331 e. The Hall–Kier alpha value is -2.53. The Bertz CT molecular complexity index is 901. The largest absolute Gasteiger partial charge is 0.508 e. The zero-order valence-corrected chi connectivity index (χ0v) is 20.1. The fourth-order valence-corrected chi connectivity index (χ4v) is 3.90. The van der Waals surface area contributed by atoms with Crippen LogP contribution in [0.4, 0.5) is 0 Å². The summed E-state index contributed by atoms with van der Waals surface area (Å²) in [5.41, 5.74) is 2.31. The number of aliphatic hydroxyl groups is 1. The minimum absolute atomic E-state index is 0.244. The third-order valence-electron chi connectivity index (χ3n) is 5.81. The molecular weight excluding hydrogens is 404 g/mol. The standard InChI is InChI=1S/C27H38O5/c1-19(9-6-11-21(25(29)30)12-8-14-26(3,4)31)10-7-15-27(5)16-13-22-18-23(28)17-20(2)24(22)32-27/h10-11,13,16-18,28,31H,6-9,12,14-15H2,1-5H3,(H,29,30)/b19-10+,21-11-/t27-/m0/s1. The Morgan fingerprint density at radius 3 is 2.56 bits per heavy atom. The van der Waals surface area contributed by atoms with Crippen LogP contribution in [0.2, 0.25) is 0 Å². The van der Waals surface area contributed by atoms with Crippen LogP contribution in [0.25, 0.3) is 6.08 Å². The smallest absolute Gasteiger partial charge is 0.331 e. The lowest BCUT2D eigenvalue weighted by Crippen LogP contribution is -2.32. The highest BCUT2D eigenvalue weighted by Gasteiger charge is 2.28. The van der Waals surface area contributed by atoms with Crippen molar-refractivity contribution in [2.24, 2.45) is 0 Å². The van der Waals surface area contributed by atoms with Crippen molar-refractivity contribution in [3.05, 3.63) is 52.6 Å². The number of rotatable bonds is 11. The number of hydrogen-bond donors (Lipinski definition) is 3. The second-order valence-corrected chi connectivity index (χ2v) is 9.76. The van der Waals surface area contributed by atoms with Crippen LogP contribution < -0.4 is 4.74 Å². The number of carboxylic acids is 1. The summed E-state index contributed by atoms with van der Waals surface area (Å²) in [5, 5.41) is 29.0. The Kier molecular flexibility index (Phi) is 8.73. The molecule has 5 nitrogen and oxygen atoms in total. The molecule has 32 heavy (non-hydrogen) atoms. The minimum Gasteiger partial charge on any atom is -0.508 e. The van der Waals surface area contributed by atoms with Gasteiger partial charge >= 0.3 is 5.97 Å². The van der Waals surface area contributed by atoms with Gasteiger partial charge < -0.3 is 20.1 Å². The number of carboxylic acid groups (broad SMARTS) is 1. The predicted molar refractivity (Wildman–Crippen MR) is 129 cm³/mol. The molecule has 1 aromatic rings. The van der Waals surface area contributed by atoms with Gasteiger partial charge in [0.15, 0.2) is 0 Å². The van der Waals surface area contributed by atoms with E-state index in [1.54, 1.807) is 26.0 Å². The van der Waals surface area contributed by atoms with Crippen molar-refractivity contribution in [1.82, 2.24) is 0 Å². The van der Waals surface area contributed by atoms with Crippen LogP contribution in [0, 0.1) is 6.92 Å². The molecule has 0 saturated heterocycles. The molecule has 1 aliphatic rings. The van der Waals surface area contributed by atoms with Crippen LogP contribution in [-0.4, -0.2) is 32.5 Å². The summed E-state index contributed by atoms with van der Waals surface area (Å²) in [6.07, 6.45) is 13.0. The zero-order chi connectivity index (χ0) is 23.9. The summed E-state index contributed by atoms with van der Waals surface area (Å²) >= 11 is 0. The first kappa shape index (κ1) is 25.7. The van der Waals surface area contributed by atoms with Gasteiger partial charge in [0, 0.05) is 11.1 Å². The van der Waals surface area contributed by atoms with Gasteiger partial charge in [-0.3, -0.25) is 0 Å². The van der Waals surface area contributed by atoms with E-state index in [1.165, 1.54) is 5.57 Å². The first-order valence-corrected chi connectivity index (χ1v) is 11.4. The van der Waals surface area contributed by atoms with Crippen LogP contribution in [0.15, 0.2) is 41.5 Å². The molecule has 0 unspecified atom stereocenters. The number of allylic oxidation sites excluding steroid dienone is 3. The molecule has 1 aromatic carbocycles. The highest BCUT2D eigenvalue weighted by molar-refractivity contribution is 5.86. The molecule has 0 aliphatic carbocycles. The highest BCUT2D eigenvalue weighted by Crippen LogP contribution is 2.38. The average molecular weight is 443 g/mol. The molecule has 0 saturated carbocycles. The Morgan fingerprint density at radius 2 is 1.91 bits per heavy atom. The summed E-state index contributed by atoms with van der Waals surface area (Å²) in [7, 11) is 0. The van der Waals surface area contributed by atoms with Gasteiger partial charge in [0.1, 0.15) is 17.1 Å². The van der Waals surface area contributed by atoms with E-state index >= 15 is 0 Å². The van der Waals surface area contributed by atoms with Gasteiger partial charge in [-0.05, 0) is 103 Å². The molecule has 176 valence electrons. The summed E-state index contributed by atoms with van der Waals surface area (Å²) in [6.45, 7) is 9.56. The second kappa shape index (κ2) is 10.9. The summed E-state index contributed by atoms with van der Waals surface area (Å²) in [4.78, 5) is 11.5. The topological polar surface area (TPSA) is 87.0 Å². The number of fused-ring (bicyclic) bond motifs is 1. The fraction of sp³-hybridized carbons (Fsp3) is 0.519. The first-order valence-electron chi connectivity index (χ1n) is 11.4.